The summed E-state index contributed by atoms with van der Waals surface area (Å²) in [6.07, 6.45) is 0.737. The quantitative estimate of drug-likeness (QED) is 0.830. The number of hydrogen-bond acceptors (Lipinski definition) is 4. The molecular weight excluding hydrogens is 284 g/mol. The van der Waals surface area contributed by atoms with Gasteiger partial charge in [-0.15, -0.1) is 10.2 Å². The van der Waals surface area contributed by atoms with Crippen molar-refractivity contribution in [1.82, 2.24) is 20.1 Å². The van der Waals surface area contributed by atoms with E-state index in [1.165, 1.54) is 17.3 Å². The van der Waals surface area contributed by atoms with Crippen LogP contribution >= 0.6 is 11.8 Å². The van der Waals surface area contributed by atoms with Gasteiger partial charge >= 0.3 is 0 Å². The number of amides is 1. The molecule has 0 radical (unpaired) electrons. The number of benzene rings is 1. The topological polar surface area (TPSA) is 59.8 Å². The molecule has 1 aromatic heterocycles. The van der Waals surface area contributed by atoms with Gasteiger partial charge in [0.1, 0.15) is 5.82 Å². The second-order valence-corrected chi connectivity index (χ2v) is 6.08. The van der Waals surface area contributed by atoms with E-state index in [1.807, 2.05) is 43.7 Å². The minimum absolute atomic E-state index is 0.0232. The van der Waals surface area contributed by atoms with Gasteiger partial charge in [-0.25, -0.2) is 0 Å². The molecule has 0 bridgehead atoms. The fourth-order valence-electron chi connectivity index (χ4n) is 1.91. The van der Waals surface area contributed by atoms with Crippen molar-refractivity contribution in [2.45, 2.75) is 30.7 Å². The Labute approximate surface area is 129 Å². The molecule has 0 fully saturated rings. The highest BCUT2D eigenvalue weighted by Gasteiger charge is 2.18. The summed E-state index contributed by atoms with van der Waals surface area (Å²) in [6, 6.07) is 10.2. The Morgan fingerprint density at radius 3 is 2.71 bits per heavy atom. The summed E-state index contributed by atoms with van der Waals surface area (Å²) in [5.41, 5.74) is 1.20. The van der Waals surface area contributed by atoms with Crippen molar-refractivity contribution in [3.63, 3.8) is 0 Å². The van der Waals surface area contributed by atoms with Crippen LogP contribution in [0.1, 0.15) is 25.2 Å². The predicted octanol–water partition coefficient (Wildman–Crippen LogP) is 2.02. The molecule has 1 amide bonds. The molecule has 6 heteroatoms. The molecule has 1 N–H and O–H groups in total. The van der Waals surface area contributed by atoms with E-state index >= 15 is 0 Å². The standard InChI is InChI=1S/C15H20N4OS/c1-4-16-14(20)11(2)21-15-18-17-13(19(15)3)10-12-8-6-5-7-9-12/h5-9,11H,4,10H2,1-3H3,(H,16,20)/t11-/m1/s1. The van der Waals surface area contributed by atoms with Crippen LogP contribution in [0.4, 0.5) is 0 Å². The maximum atomic E-state index is 11.8. The van der Waals surface area contributed by atoms with Crippen LogP contribution in [0.15, 0.2) is 35.5 Å². The van der Waals surface area contributed by atoms with E-state index < -0.39 is 0 Å². The smallest absolute Gasteiger partial charge is 0.233 e. The highest BCUT2D eigenvalue weighted by Crippen LogP contribution is 2.22. The lowest BCUT2D eigenvalue weighted by molar-refractivity contribution is -0.120. The third kappa shape index (κ3) is 4.07. The minimum Gasteiger partial charge on any atom is -0.355 e. The Bertz CT molecular complexity index is 597. The van der Waals surface area contributed by atoms with E-state index in [9.17, 15) is 4.79 Å². The van der Waals surface area contributed by atoms with E-state index in [2.05, 4.69) is 27.6 Å². The Kier molecular flexibility index (Phi) is 5.38. The second-order valence-electron chi connectivity index (χ2n) is 4.77. The number of nitrogens with zero attached hydrogens (tertiary/aromatic N) is 3. The summed E-state index contributed by atoms with van der Waals surface area (Å²) in [4.78, 5) is 11.8. The lowest BCUT2D eigenvalue weighted by Crippen LogP contribution is -2.30. The summed E-state index contributed by atoms with van der Waals surface area (Å²) in [5, 5.41) is 11.8. The van der Waals surface area contributed by atoms with Gasteiger partial charge < -0.3 is 9.88 Å². The van der Waals surface area contributed by atoms with Gasteiger partial charge in [0.2, 0.25) is 5.91 Å². The van der Waals surface area contributed by atoms with E-state index in [1.54, 1.807) is 0 Å². The second kappa shape index (κ2) is 7.26. The number of rotatable bonds is 6. The van der Waals surface area contributed by atoms with Crippen molar-refractivity contribution in [2.75, 3.05) is 6.54 Å². The molecule has 2 rings (SSSR count). The van der Waals surface area contributed by atoms with E-state index in [-0.39, 0.29) is 11.2 Å². The first-order valence-corrected chi connectivity index (χ1v) is 7.86. The van der Waals surface area contributed by atoms with Gasteiger partial charge in [0.25, 0.3) is 0 Å². The summed E-state index contributed by atoms with van der Waals surface area (Å²) in [6.45, 7) is 4.43. The SMILES string of the molecule is CCNC(=O)[C@@H](C)Sc1nnc(Cc2ccccc2)n1C. The van der Waals surface area contributed by atoms with Crippen LogP contribution in [0.3, 0.4) is 0 Å². The van der Waals surface area contributed by atoms with Crippen LogP contribution in [-0.2, 0) is 18.3 Å². The normalized spacial score (nSPS) is 12.1. The summed E-state index contributed by atoms with van der Waals surface area (Å²) in [5.74, 6) is 0.918. The van der Waals surface area contributed by atoms with Crippen LogP contribution < -0.4 is 5.32 Å². The summed E-state index contributed by atoms with van der Waals surface area (Å²) < 4.78 is 1.95. The van der Waals surface area contributed by atoms with Crippen LogP contribution in [0, 0.1) is 0 Å². The molecule has 0 aliphatic heterocycles. The molecule has 5 nitrogen and oxygen atoms in total. The highest BCUT2D eigenvalue weighted by molar-refractivity contribution is 8.00. The molecule has 0 spiro atoms. The molecule has 1 atom stereocenters. The van der Waals surface area contributed by atoms with Crippen molar-refractivity contribution in [3.05, 3.63) is 41.7 Å². The lowest BCUT2D eigenvalue weighted by atomic mass is 10.1. The molecule has 0 aliphatic rings. The number of nitrogens with one attached hydrogen (secondary N) is 1. The minimum atomic E-state index is -0.183. The van der Waals surface area contributed by atoms with Crippen molar-refractivity contribution in [2.24, 2.45) is 7.05 Å². The highest BCUT2D eigenvalue weighted by atomic mass is 32.2. The molecule has 1 heterocycles. The Hall–Kier alpha value is -1.82. The number of carbonyl (C=O) groups excluding carboxylic acids is 1. The van der Waals surface area contributed by atoms with Crippen molar-refractivity contribution in [1.29, 1.82) is 0 Å². The Balaban J connectivity index is 2.05. The van der Waals surface area contributed by atoms with Crippen molar-refractivity contribution >= 4 is 17.7 Å². The number of hydrogen-bond donors (Lipinski definition) is 1. The van der Waals surface area contributed by atoms with Gasteiger partial charge in [-0.1, -0.05) is 42.1 Å². The van der Waals surface area contributed by atoms with Gasteiger partial charge in [0, 0.05) is 20.0 Å². The zero-order chi connectivity index (χ0) is 15.2. The first-order valence-electron chi connectivity index (χ1n) is 6.98. The fourth-order valence-corrected chi connectivity index (χ4v) is 2.77. The molecule has 112 valence electrons. The zero-order valence-electron chi connectivity index (χ0n) is 12.5. The molecule has 0 aliphatic carbocycles. The zero-order valence-corrected chi connectivity index (χ0v) is 13.4. The van der Waals surface area contributed by atoms with Gasteiger partial charge in [-0.2, -0.15) is 0 Å². The van der Waals surface area contributed by atoms with Crippen LogP contribution in [0.2, 0.25) is 0 Å². The number of aromatic nitrogens is 3. The maximum absolute atomic E-state index is 11.8. The fraction of sp³-hybridized carbons (Fsp3) is 0.400. The maximum Gasteiger partial charge on any atom is 0.233 e. The van der Waals surface area contributed by atoms with Gasteiger partial charge in [-0.05, 0) is 19.4 Å². The third-order valence-electron chi connectivity index (χ3n) is 3.13. The van der Waals surface area contributed by atoms with Crippen LogP contribution in [0.5, 0.6) is 0 Å². The number of thioether (sulfide) groups is 1. The molecule has 21 heavy (non-hydrogen) atoms. The van der Waals surface area contributed by atoms with Crippen molar-refractivity contribution in [3.8, 4) is 0 Å². The first-order chi connectivity index (χ1) is 10.1. The molecule has 1 aromatic carbocycles. The molecule has 0 unspecified atom stereocenters. The largest absolute Gasteiger partial charge is 0.355 e. The Morgan fingerprint density at radius 1 is 1.33 bits per heavy atom. The molecule has 2 aromatic rings. The summed E-state index contributed by atoms with van der Waals surface area (Å²) in [7, 11) is 1.94. The van der Waals surface area contributed by atoms with Crippen LogP contribution in [0.25, 0.3) is 0 Å². The van der Waals surface area contributed by atoms with E-state index in [4.69, 9.17) is 0 Å². The van der Waals surface area contributed by atoms with E-state index in [0.29, 0.717) is 6.54 Å². The van der Waals surface area contributed by atoms with Crippen molar-refractivity contribution < 1.29 is 4.79 Å². The average molecular weight is 304 g/mol. The molecular formula is C15H20N4OS. The average Bonchev–Trinajstić information content (AvgIpc) is 2.81. The van der Waals surface area contributed by atoms with E-state index in [0.717, 1.165) is 17.4 Å². The van der Waals surface area contributed by atoms with Gasteiger partial charge in [0.15, 0.2) is 5.16 Å². The number of carbonyl (C=O) groups is 1. The summed E-state index contributed by atoms with van der Waals surface area (Å²) >= 11 is 1.43. The Morgan fingerprint density at radius 2 is 2.05 bits per heavy atom. The monoisotopic (exact) mass is 304 g/mol. The first kappa shape index (κ1) is 15.6. The molecule has 0 saturated heterocycles. The molecule has 0 saturated carbocycles. The van der Waals surface area contributed by atoms with Crippen LogP contribution in [-0.4, -0.2) is 32.5 Å². The van der Waals surface area contributed by atoms with Gasteiger partial charge in [0.05, 0.1) is 5.25 Å². The lowest BCUT2D eigenvalue weighted by Gasteiger charge is -2.10. The van der Waals surface area contributed by atoms with Gasteiger partial charge in [-0.3, -0.25) is 4.79 Å². The third-order valence-corrected chi connectivity index (χ3v) is 4.27. The predicted molar refractivity (Wildman–Crippen MR) is 84.3 cm³/mol.